The highest BCUT2D eigenvalue weighted by atomic mass is 35.5. The maximum atomic E-state index is 6.27. The van der Waals surface area contributed by atoms with Gasteiger partial charge in [-0.1, -0.05) is 52.6 Å². The maximum Gasteiger partial charge on any atom is 0.191 e. The third kappa shape index (κ3) is 4.77. The Morgan fingerprint density at radius 1 is 1.11 bits per heavy atom. The molecule has 3 rings (SSSR count). The van der Waals surface area contributed by atoms with Crippen LogP contribution in [0.1, 0.15) is 36.9 Å². The molecular weight excluding hydrogens is 437 g/mol. The van der Waals surface area contributed by atoms with Crippen molar-refractivity contribution in [3.05, 3.63) is 68.4 Å². The summed E-state index contributed by atoms with van der Waals surface area (Å²) in [5, 5.41) is 11.5. The van der Waals surface area contributed by atoms with Crippen molar-refractivity contribution in [2.24, 2.45) is 0 Å². The molecule has 148 valence electrons. The first-order chi connectivity index (χ1) is 13.4. The Morgan fingerprint density at radius 2 is 1.82 bits per heavy atom. The van der Waals surface area contributed by atoms with E-state index in [0.29, 0.717) is 20.8 Å². The molecule has 0 fully saturated rings. The van der Waals surface area contributed by atoms with Crippen molar-refractivity contribution >= 4 is 46.6 Å². The number of thioether (sulfide) groups is 1. The van der Waals surface area contributed by atoms with Crippen molar-refractivity contribution in [3.63, 3.8) is 0 Å². The van der Waals surface area contributed by atoms with E-state index in [4.69, 9.17) is 39.5 Å². The molecule has 4 nitrogen and oxygen atoms in total. The first-order valence-corrected chi connectivity index (χ1v) is 10.9. The third-order valence-electron chi connectivity index (χ3n) is 4.27. The van der Waals surface area contributed by atoms with Crippen LogP contribution in [0.4, 0.5) is 0 Å². The summed E-state index contributed by atoms with van der Waals surface area (Å²) in [6, 6.07) is 11.1. The van der Waals surface area contributed by atoms with E-state index < -0.39 is 0 Å². The van der Waals surface area contributed by atoms with E-state index in [2.05, 4.69) is 17.1 Å². The predicted octanol–water partition coefficient (Wildman–Crippen LogP) is 7.00. The van der Waals surface area contributed by atoms with Crippen LogP contribution in [0.25, 0.3) is 0 Å². The lowest BCUT2D eigenvalue weighted by Gasteiger charge is -2.17. The number of aryl methyl sites for hydroxylation is 1. The van der Waals surface area contributed by atoms with Crippen LogP contribution in [0.2, 0.25) is 15.1 Å². The highest BCUT2D eigenvalue weighted by molar-refractivity contribution is 7.98. The highest BCUT2D eigenvalue weighted by Gasteiger charge is 2.20. The fourth-order valence-electron chi connectivity index (χ4n) is 2.80. The lowest BCUT2D eigenvalue weighted by Crippen LogP contribution is -2.12. The normalized spacial score (nSPS) is 12.2. The molecule has 0 saturated carbocycles. The van der Waals surface area contributed by atoms with E-state index in [9.17, 15) is 0 Å². The van der Waals surface area contributed by atoms with Crippen LogP contribution in [0, 0.1) is 6.92 Å². The molecule has 1 heterocycles. The summed E-state index contributed by atoms with van der Waals surface area (Å²) < 4.78 is 8.16. The second kappa shape index (κ2) is 9.40. The molecule has 0 radical (unpaired) electrons. The van der Waals surface area contributed by atoms with Gasteiger partial charge in [0.1, 0.15) is 5.75 Å². The third-order valence-corrected chi connectivity index (χ3v) is 6.21. The molecule has 8 heteroatoms. The fourth-order valence-corrected chi connectivity index (χ4v) is 4.78. The Kier molecular flexibility index (Phi) is 7.15. The molecule has 0 amide bonds. The van der Waals surface area contributed by atoms with E-state index >= 15 is 0 Å². The summed E-state index contributed by atoms with van der Waals surface area (Å²) in [7, 11) is 0. The van der Waals surface area contributed by atoms with Gasteiger partial charge in [0.05, 0.1) is 0 Å². The molecule has 2 aromatic carbocycles. The van der Waals surface area contributed by atoms with E-state index in [0.717, 1.165) is 34.4 Å². The molecule has 0 aliphatic heterocycles. The number of aromatic nitrogens is 3. The quantitative estimate of drug-likeness (QED) is 0.359. The monoisotopic (exact) mass is 455 g/mol. The number of halogens is 3. The molecule has 3 aromatic rings. The minimum atomic E-state index is -0.259. The first kappa shape index (κ1) is 21.3. The lowest BCUT2D eigenvalue weighted by molar-refractivity contribution is 0.208. The molecular formula is C20H20Cl3N3OS. The van der Waals surface area contributed by atoms with Gasteiger partial charge in [-0.15, -0.1) is 10.2 Å². The second-order valence-corrected chi connectivity index (χ2v) is 8.44. The van der Waals surface area contributed by atoms with E-state index in [-0.39, 0.29) is 6.10 Å². The molecule has 1 aromatic heterocycles. The average Bonchev–Trinajstić information content (AvgIpc) is 3.06. The van der Waals surface area contributed by atoms with Crippen LogP contribution in [0.15, 0.2) is 41.6 Å². The second-order valence-electron chi connectivity index (χ2n) is 6.24. The van der Waals surface area contributed by atoms with Crippen molar-refractivity contribution in [1.29, 1.82) is 0 Å². The number of benzene rings is 2. The van der Waals surface area contributed by atoms with Crippen LogP contribution in [-0.4, -0.2) is 14.8 Å². The van der Waals surface area contributed by atoms with Gasteiger partial charge in [0.2, 0.25) is 0 Å². The van der Waals surface area contributed by atoms with Crippen molar-refractivity contribution in [2.45, 2.75) is 44.3 Å². The molecule has 0 aliphatic carbocycles. The zero-order valence-corrected chi connectivity index (χ0v) is 18.8. The average molecular weight is 457 g/mol. The smallest absolute Gasteiger partial charge is 0.191 e. The summed E-state index contributed by atoms with van der Waals surface area (Å²) in [6.07, 6.45) is -0.259. The van der Waals surface area contributed by atoms with Crippen molar-refractivity contribution < 1.29 is 4.74 Å². The molecule has 28 heavy (non-hydrogen) atoms. The number of hydrogen-bond acceptors (Lipinski definition) is 4. The Balaban J connectivity index is 1.77. The highest BCUT2D eigenvalue weighted by Crippen LogP contribution is 2.32. The summed E-state index contributed by atoms with van der Waals surface area (Å²) in [5.74, 6) is 2.16. The van der Waals surface area contributed by atoms with E-state index in [1.54, 1.807) is 11.8 Å². The number of rotatable bonds is 7. The summed E-state index contributed by atoms with van der Waals surface area (Å²) in [4.78, 5) is 0. The van der Waals surface area contributed by atoms with E-state index in [1.165, 1.54) is 0 Å². The van der Waals surface area contributed by atoms with Crippen LogP contribution in [-0.2, 0) is 12.3 Å². The molecule has 0 aliphatic rings. The van der Waals surface area contributed by atoms with Gasteiger partial charge >= 0.3 is 0 Å². The molecule has 0 N–H and O–H groups in total. The van der Waals surface area contributed by atoms with Gasteiger partial charge < -0.3 is 9.30 Å². The summed E-state index contributed by atoms with van der Waals surface area (Å²) >= 11 is 20.1. The molecule has 1 atom stereocenters. The fraction of sp³-hybridized carbons (Fsp3) is 0.300. The van der Waals surface area contributed by atoms with Gasteiger partial charge in [-0.25, -0.2) is 0 Å². The van der Waals surface area contributed by atoms with Gasteiger partial charge in [0.25, 0.3) is 0 Å². The van der Waals surface area contributed by atoms with Crippen LogP contribution in [0.5, 0.6) is 5.75 Å². The Labute approximate surface area is 184 Å². The van der Waals surface area contributed by atoms with Crippen molar-refractivity contribution in [1.82, 2.24) is 14.8 Å². The Hall–Kier alpha value is -1.40. The zero-order valence-electron chi connectivity index (χ0n) is 15.7. The van der Waals surface area contributed by atoms with Gasteiger partial charge in [-0.2, -0.15) is 0 Å². The van der Waals surface area contributed by atoms with Crippen LogP contribution in [0.3, 0.4) is 0 Å². The molecule has 0 bridgehead atoms. The maximum absolute atomic E-state index is 6.27. The first-order valence-electron chi connectivity index (χ1n) is 8.82. The standard InChI is InChI=1S/C20H20Cl3N3OS/c1-4-26-19(13(3)27-18-9-8-14(21)10-12(18)2)24-25-20(26)28-11-15-16(22)6-5-7-17(15)23/h5-10,13H,4,11H2,1-3H3. The zero-order chi connectivity index (χ0) is 20.3. The Bertz CT molecular complexity index is 957. The van der Waals surface area contributed by atoms with Gasteiger partial charge in [-0.05, 0) is 62.2 Å². The molecule has 0 saturated heterocycles. The minimum absolute atomic E-state index is 0.259. The number of nitrogens with zero attached hydrogens (tertiary/aromatic N) is 3. The van der Waals surface area contributed by atoms with Crippen molar-refractivity contribution in [2.75, 3.05) is 0 Å². The van der Waals surface area contributed by atoms with Gasteiger partial charge in [-0.3, -0.25) is 0 Å². The lowest BCUT2D eigenvalue weighted by atomic mass is 10.2. The van der Waals surface area contributed by atoms with Crippen LogP contribution < -0.4 is 4.74 Å². The van der Waals surface area contributed by atoms with Crippen LogP contribution >= 0.6 is 46.6 Å². The molecule has 1 unspecified atom stereocenters. The largest absolute Gasteiger partial charge is 0.482 e. The SMILES string of the molecule is CCn1c(SCc2c(Cl)cccc2Cl)nnc1C(C)Oc1ccc(Cl)cc1C. The topological polar surface area (TPSA) is 39.9 Å². The van der Waals surface area contributed by atoms with Gasteiger partial charge in [0.15, 0.2) is 17.1 Å². The predicted molar refractivity (Wildman–Crippen MR) is 117 cm³/mol. The molecule has 0 spiro atoms. The number of hydrogen-bond donors (Lipinski definition) is 0. The minimum Gasteiger partial charge on any atom is -0.482 e. The van der Waals surface area contributed by atoms with Gasteiger partial charge in [0, 0.05) is 27.4 Å². The van der Waals surface area contributed by atoms with E-state index in [1.807, 2.05) is 54.8 Å². The number of ether oxygens (including phenoxy) is 1. The van der Waals surface area contributed by atoms with Crippen molar-refractivity contribution in [3.8, 4) is 5.75 Å². The summed E-state index contributed by atoms with van der Waals surface area (Å²) in [5.41, 5.74) is 1.87. The summed E-state index contributed by atoms with van der Waals surface area (Å²) in [6.45, 7) is 6.71. The Morgan fingerprint density at radius 3 is 2.46 bits per heavy atom.